The molecule has 1 amide bonds. The second-order valence-electron chi connectivity index (χ2n) is 7.42. The van der Waals surface area contributed by atoms with Crippen LogP contribution >= 0.6 is 0 Å². The van der Waals surface area contributed by atoms with Crippen molar-refractivity contribution < 1.29 is 4.79 Å². The third-order valence-corrected chi connectivity index (χ3v) is 5.64. The summed E-state index contributed by atoms with van der Waals surface area (Å²) in [7, 11) is 0. The average molecular weight is 325 g/mol. The Bertz CT molecular complexity index is 719. The summed E-state index contributed by atoms with van der Waals surface area (Å²) in [5, 5.41) is 6.79. The summed E-state index contributed by atoms with van der Waals surface area (Å²) in [5.41, 5.74) is 0.813. The molecular weight excluding hydrogens is 302 g/mol. The zero-order chi connectivity index (χ0) is 16.8. The zero-order valence-corrected chi connectivity index (χ0v) is 14.2. The first-order valence-electron chi connectivity index (χ1n) is 8.50. The highest BCUT2D eigenvalue weighted by atomic mass is 16.2. The van der Waals surface area contributed by atoms with Crippen molar-refractivity contribution in [2.45, 2.75) is 25.7 Å². The number of nitrogens with zero attached hydrogens (tertiary/aromatic N) is 4. The Morgan fingerprint density at radius 1 is 1.12 bits per heavy atom. The molecule has 1 N–H and O–H groups in total. The fourth-order valence-electron chi connectivity index (χ4n) is 4.07. The van der Waals surface area contributed by atoms with Crippen LogP contribution in [0.3, 0.4) is 0 Å². The molecule has 4 rings (SSSR count). The molecule has 1 saturated carbocycles. The van der Waals surface area contributed by atoms with Crippen molar-refractivity contribution in [3.8, 4) is 0 Å². The minimum atomic E-state index is -0.358. The molecule has 2 heterocycles. The molecule has 6 heteroatoms. The first-order chi connectivity index (χ1) is 11.5. The molecule has 2 aromatic rings. The molecule has 1 atom stereocenters. The van der Waals surface area contributed by atoms with Crippen LogP contribution in [0.4, 0.5) is 5.95 Å². The predicted molar refractivity (Wildman–Crippen MR) is 91.7 cm³/mol. The number of amides is 1. The van der Waals surface area contributed by atoms with Gasteiger partial charge in [-0.05, 0) is 17.4 Å². The van der Waals surface area contributed by atoms with Gasteiger partial charge in [-0.3, -0.25) is 4.79 Å². The molecule has 2 fully saturated rings. The first kappa shape index (κ1) is 15.2. The number of nitrogens with one attached hydrogen (secondary N) is 1. The number of carbonyl (C=O) groups excluding carboxylic acids is 1. The van der Waals surface area contributed by atoms with Crippen molar-refractivity contribution in [1.29, 1.82) is 0 Å². The Hall–Kier alpha value is -2.37. The van der Waals surface area contributed by atoms with E-state index in [1.807, 2.05) is 23.1 Å². The first-order valence-corrected chi connectivity index (χ1v) is 8.50. The lowest BCUT2D eigenvalue weighted by molar-refractivity contribution is -0.135. The van der Waals surface area contributed by atoms with E-state index in [0.29, 0.717) is 0 Å². The van der Waals surface area contributed by atoms with Crippen molar-refractivity contribution in [1.82, 2.24) is 20.1 Å². The van der Waals surface area contributed by atoms with E-state index < -0.39 is 0 Å². The fraction of sp³-hybridized carbons (Fsp3) is 0.500. The number of H-pyrrole nitrogens is 1. The molecule has 1 aliphatic carbocycles. The molecule has 1 aromatic heterocycles. The number of anilines is 1. The molecular formula is C18H23N5O. The van der Waals surface area contributed by atoms with Gasteiger partial charge in [-0.25, -0.2) is 5.10 Å². The van der Waals surface area contributed by atoms with Crippen molar-refractivity contribution in [2.24, 2.45) is 5.41 Å². The summed E-state index contributed by atoms with van der Waals surface area (Å²) < 4.78 is 0. The maximum absolute atomic E-state index is 13.4. The Kier molecular flexibility index (Phi) is 3.37. The molecule has 126 valence electrons. The fourth-order valence-corrected chi connectivity index (χ4v) is 4.07. The molecule has 1 unspecified atom stereocenters. The monoisotopic (exact) mass is 325 g/mol. The molecule has 0 spiro atoms. The Morgan fingerprint density at radius 3 is 2.33 bits per heavy atom. The summed E-state index contributed by atoms with van der Waals surface area (Å²) >= 11 is 0. The standard InChI is InChI=1S/C18H23N5O/c1-17(2)12-18(17,14-6-4-3-5-7-14)15(24)22-8-10-23(11-9-22)16-19-13-20-21-16/h3-7,13H,8-12H2,1-2H3,(H,19,20,21). The van der Waals surface area contributed by atoms with E-state index in [0.717, 1.165) is 44.1 Å². The SMILES string of the molecule is CC1(C)CC1(C(=O)N1CCN(c2ncn[nH]2)CC1)c1ccccc1. The van der Waals surface area contributed by atoms with Crippen LogP contribution in [0.5, 0.6) is 0 Å². The quantitative estimate of drug-likeness (QED) is 0.935. The maximum Gasteiger partial charge on any atom is 0.233 e. The minimum absolute atomic E-state index is 0.0213. The number of aromatic amines is 1. The molecule has 1 aromatic carbocycles. The van der Waals surface area contributed by atoms with E-state index >= 15 is 0 Å². The van der Waals surface area contributed by atoms with E-state index in [4.69, 9.17) is 0 Å². The summed E-state index contributed by atoms with van der Waals surface area (Å²) in [6.07, 6.45) is 2.44. The van der Waals surface area contributed by atoms with Gasteiger partial charge < -0.3 is 9.80 Å². The van der Waals surface area contributed by atoms with Crippen molar-refractivity contribution in [3.05, 3.63) is 42.2 Å². The highest BCUT2D eigenvalue weighted by molar-refractivity contribution is 5.93. The van der Waals surface area contributed by atoms with Crippen LogP contribution in [0, 0.1) is 5.41 Å². The van der Waals surface area contributed by atoms with E-state index in [9.17, 15) is 4.79 Å². The summed E-state index contributed by atoms with van der Waals surface area (Å²) in [5.74, 6) is 1.06. The molecule has 0 radical (unpaired) electrons. The van der Waals surface area contributed by atoms with E-state index in [1.54, 1.807) is 0 Å². The Labute approximate surface area is 141 Å². The van der Waals surface area contributed by atoms with Crippen LogP contribution in [0.25, 0.3) is 0 Å². The molecule has 1 aliphatic heterocycles. The minimum Gasteiger partial charge on any atom is -0.338 e. The van der Waals surface area contributed by atoms with Gasteiger partial charge in [0.05, 0.1) is 5.41 Å². The highest BCUT2D eigenvalue weighted by Gasteiger charge is 2.67. The lowest BCUT2D eigenvalue weighted by Crippen LogP contribution is -2.52. The normalized spacial score (nSPS) is 25.6. The van der Waals surface area contributed by atoms with E-state index in [2.05, 4.69) is 46.1 Å². The zero-order valence-electron chi connectivity index (χ0n) is 14.2. The van der Waals surface area contributed by atoms with Gasteiger partial charge in [-0.2, -0.15) is 10.1 Å². The number of carbonyl (C=O) groups is 1. The number of hydrogen-bond donors (Lipinski definition) is 1. The van der Waals surface area contributed by atoms with Gasteiger partial charge >= 0.3 is 0 Å². The second-order valence-corrected chi connectivity index (χ2v) is 7.42. The van der Waals surface area contributed by atoms with Crippen molar-refractivity contribution in [3.63, 3.8) is 0 Å². The highest BCUT2D eigenvalue weighted by Crippen LogP contribution is 2.65. The average Bonchev–Trinajstić information content (AvgIpc) is 2.97. The number of piperazine rings is 1. The van der Waals surface area contributed by atoms with Gasteiger partial charge in [0.15, 0.2) is 0 Å². The number of rotatable bonds is 3. The third kappa shape index (κ3) is 2.20. The summed E-state index contributed by atoms with van der Waals surface area (Å²) in [6.45, 7) is 7.41. The van der Waals surface area contributed by atoms with Gasteiger partial charge in [-0.15, -0.1) is 0 Å². The predicted octanol–water partition coefficient (Wildman–Crippen LogP) is 1.82. The largest absolute Gasteiger partial charge is 0.338 e. The van der Waals surface area contributed by atoms with Crippen molar-refractivity contribution >= 4 is 11.9 Å². The van der Waals surface area contributed by atoms with Crippen LogP contribution in [-0.2, 0) is 10.2 Å². The summed E-state index contributed by atoms with van der Waals surface area (Å²) in [6, 6.07) is 10.3. The number of aromatic nitrogens is 3. The molecule has 24 heavy (non-hydrogen) atoms. The van der Waals surface area contributed by atoms with Crippen LogP contribution in [-0.4, -0.2) is 52.2 Å². The molecule has 0 bridgehead atoms. The van der Waals surface area contributed by atoms with Crippen LogP contribution < -0.4 is 4.90 Å². The topological polar surface area (TPSA) is 65.1 Å². The number of hydrogen-bond acceptors (Lipinski definition) is 4. The lowest BCUT2D eigenvalue weighted by Gasteiger charge is -2.37. The van der Waals surface area contributed by atoms with Gasteiger partial charge in [0.1, 0.15) is 6.33 Å². The van der Waals surface area contributed by atoms with Crippen molar-refractivity contribution in [2.75, 3.05) is 31.1 Å². The third-order valence-electron chi connectivity index (χ3n) is 5.64. The lowest BCUT2D eigenvalue weighted by atomic mass is 9.86. The molecule has 1 saturated heterocycles. The smallest absolute Gasteiger partial charge is 0.233 e. The van der Waals surface area contributed by atoms with Gasteiger partial charge in [-0.1, -0.05) is 44.2 Å². The molecule has 2 aliphatic rings. The van der Waals surface area contributed by atoms with Crippen LogP contribution in [0.15, 0.2) is 36.7 Å². The van der Waals surface area contributed by atoms with E-state index in [1.165, 1.54) is 6.33 Å². The van der Waals surface area contributed by atoms with Gasteiger partial charge in [0.2, 0.25) is 11.9 Å². The Balaban J connectivity index is 1.52. The second kappa shape index (κ2) is 5.33. The Morgan fingerprint density at radius 2 is 1.79 bits per heavy atom. The van der Waals surface area contributed by atoms with Gasteiger partial charge in [0, 0.05) is 26.2 Å². The number of benzene rings is 1. The van der Waals surface area contributed by atoms with E-state index in [-0.39, 0.29) is 16.7 Å². The maximum atomic E-state index is 13.4. The summed E-state index contributed by atoms with van der Waals surface area (Å²) in [4.78, 5) is 21.7. The van der Waals surface area contributed by atoms with Crippen LogP contribution in [0.2, 0.25) is 0 Å². The van der Waals surface area contributed by atoms with Gasteiger partial charge in [0.25, 0.3) is 0 Å². The van der Waals surface area contributed by atoms with Crippen LogP contribution in [0.1, 0.15) is 25.8 Å². The molecule has 6 nitrogen and oxygen atoms in total.